The lowest BCUT2D eigenvalue weighted by Gasteiger charge is -2.35. The van der Waals surface area contributed by atoms with Crippen LogP contribution >= 0.6 is 0 Å². The normalized spacial score (nSPS) is 15.1. The Morgan fingerprint density at radius 2 is 0.897 bits per heavy atom. The van der Waals surface area contributed by atoms with E-state index in [1.54, 1.807) is 0 Å². The SMILES string of the molecule is CC1(C)c2ccccc2Cc2ccc(-n3c4ccccc4c4c5oc6c(ccc7c6c6ccccc6n7-c6ccc7c(c6)C(C)(C)c6ccccc6-7)c5ccc43)cc21. The fraction of sp³-hybridized carbons (Fsp3) is 0.127. The Bertz CT molecular complexity index is 3600. The van der Waals surface area contributed by atoms with Crippen LogP contribution in [0.5, 0.6) is 0 Å². The van der Waals surface area contributed by atoms with Crippen LogP contribution in [0.4, 0.5) is 0 Å². The van der Waals surface area contributed by atoms with Crippen LogP contribution < -0.4 is 0 Å². The lowest BCUT2D eigenvalue weighted by Crippen LogP contribution is -2.27. The first-order chi connectivity index (χ1) is 28.3. The van der Waals surface area contributed by atoms with Crippen molar-refractivity contribution in [3.05, 3.63) is 191 Å². The van der Waals surface area contributed by atoms with Crippen molar-refractivity contribution in [2.45, 2.75) is 44.9 Å². The van der Waals surface area contributed by atoms with Crippen LogP contribution in [0.2, 0.25) is 0 Å². The fourth-order valence-electron chi connectivity index (χ4n) is 11.3. The van der Waals surface area contributed by atoms with Gasteiger partial charge in [-0.05, 0) is 112 Å². The smallest absolute Gasteiger partial charge is 0.145 e. The summed E-state index contributed by atoms with van der Waals surface area (Å²) in [6.07, 6.45) is 0.964. The zero-order valence-electron chi connectivity index (χ0n) is 33.0. The maximum absolute atomic E-state index is 7.28. The third-order valence-corrected chi connectivity index (χ3v) is 14.0. The van der Waals surface area contributed by atoms with E-state index < -0.39 is 0 Å². The van der Waals surface area contributed by atoms with Gasteiger partial charge in [0.25, 0.3) is 0 Å². The molecule has 0 saturated heterocycles. The second-order valence-electron chi connectivity index (χ2n) is 17.7. The summed E-state index contributed by atoms with van der Waals surface area (Å²) in [7, 11) is 0. The van der Waals surface area contributed by atoms with E-state index in [-0.39, 0.29) is 10.8 Å². The molecular weight excluding hydrogens is 705 g/mol. The van der Waals surface area contributed by atoms with Crippen molar-refractivity contribution in [2.75, 3.05) is 0 Å². The van der Waals surface area contributed by atoms with E-state index in [1.165, 1.54) is 77.7 Å². The van der Waals surface area contributed by atoms with Gasteiger partial charge in [-0.25, -0.2) is 0 Å². The Morgan fingerprint density at radius 1 is 0.397 bits per heavy atom. The summed E-state index contributed by atoms with van der Waals surface area (Å²) in [5.74, 6) is 0. The molecule has 276 valence electrons. The zero-order chi connectivity index (χ0) is 38.7. The minimum Gasteiger partial charge on any atom is -0.455 e. The van der Waals surface area contributed by atoms with Crippen molar-refractivity contribution in [3.63, 3.8) is 0 Å². The highest BCUT2D eigenvalue weighted by atomic mass is 16.3. The Balaban J connectivity index is 1.05. The van der Waals surface area contributed by atoms with Gasteiger partial charge in [-0.3, -0.25) is 0 Å². The zero-order valence-corrected chi connectivity index (χ0v) is 33.0. The first-order valence-electron chi connectivity index (χ1n) is 20.6. The van der Waals surface area contributed by atoms with Gasteiger partial charge < -0.3 is 13.6 Å². The summed E-state index contributed by atoms with van der Waals surface area (Å²) in [6, 6.07) is 58.8. The number of benzene rings is 8. The van der Waals surface area contributed by atoms with Crippen molar-refractivity contribution in [2.24, 2.45) is 0 Å². The van der Waals surface area contributed by atoms with Crippen LogP contribution in [0, 0.1) is 0 Å². The van der Waals surface area contributed by atoms with Gasteiger partial charge in [0.1, 0.15) is 11.2 Å². The molecule has 13 rings (SSSR count). The molecule has 0 N–H and O–H groups in total. The predicted molar refractivity (Wildman–Crippen MR) is 241 cm³/mol. The van der Waals surface area contributed by atoms with Crippen molar-refractivity contribution in [1.29, 1.82) is 0 Å². The quantitative estimate of drug-likeness (QED) is 0.173. The lowest BCUT2D eigenvalue weighted by molar-refractivity contribution is 0.610. The van der Waals surface area contributed by atoms with E-state index in [2.05, 4.69) is 195 Å². The number of rotatable bonds is 2. The summed E-state index contributed by atoms with van der Waals surface area (Å²) < 4.78 is 12.2. The molecule has 0 radical (unpaired) electrons. The summed E-state index contributed by atoms with van der Waals surface area (Å²) in [4.78, 5) is 0. The summed E-state index contributed by atoms with van der Waals surface area (Å²) in [5.41, 5.74) is 19.8. The molecule has 0 aliphatic heterocycles. The maximum Gasteiger partial charge on any atom is 0.145 e. The second-order valence-corrected chi connectivity index (χ2v) is 17.7. The summed E-state index contributed by atoms with van der Waals surface area (Å²) in [6.45, 7) is 9.46. The molecule has 0 saturated carbocycles. The van der Waals surface area contributed by atoms with Gasteiger partial charge in [-0.1, -0.05) is 125 Å². The van der Waals surface area contributed by atoms with Crippen LogP contribution in [0.3, 0.4) is 0 Å². The van der Waals surface area contributed by atoms with Crippen molar-refractivity contribution < 1.29 is 4.42 Å². The van der Waals surface area contributed by atoms with Gasteiger partial charge in [0.05, 0.1) is 32.8 Å². The molecule has 0 spiro atoms. The minimum absolute atomic E-state index is 0.0853. The van der Waals surface area contributed by atoms with Gasteiger partial charge in [-0.15, -0.1) is 0 Å². The van der Waals surface area contributed by atoms with E-state index in [0.717, 1.165) is 50.2 Å². The molecule has 3 nitrogen and oxygen atoms in total. The highest BCUT2D eigenvalue weighted by Crippen LogP contribution is 2.51. The number of nitrogens with zero attached hydrogens (tertiary/aromatic N) is 2. The Morgan fingerprint density at radius 3 is 1.57 bits per heavy atom. The molecule has 3 heterocycles. The average Bonchev–Trinajstić information content (AvgIpc) is 3.96. The molecule has 0 bridgehead atoms. The van der Waals surface area contributed by atoms with E-state index in [4.69, 9.17) is 4.42 Å². The molecule has 0 unspecified atom stereocenters. The van der Waals surface area contributed by atoms with E-state index >= 15 is 0 Å². The summed E-state index contributed by atoms with van der Waals surface area (Å²) >= 11 is 0. The Hall–Kier alpha value is -6.84. The van der Waals surface area contributed by atoms with E-state index in [1.807, 2.05) is 0 Å². The number of fused-ring (bicyclic) bond motifs is 16. The van der Waals surface area contributed by atoms with Crippen LogP contribution in [-0.4, -0.2) is 9.13 Å². The molecule has 2 aliphatic rings. The molecule has 0 fully saturated rings. The molecule has 3 heteroatoms. The van der Waals surface area contributed by atoms with E-state index in [0.29, 0.717) is 0 Å². The number of hydrogen-bond acceptors (Lipinski definition) is 1. The number of para-hydroxylation sites is 2. The highest BCUT2D eigenvalue weighted by molar-refractivity contribution is 6.29. The first-order valence-corrected chi connectivity index (χ1v) is 20.6. The molecule has 11 aromatic rings. The monoisotopic (exact) mass is 744 g/mol. The maximum atomic E-state index is 7.28. The third-order valence-electron chi connectivity index (χ3n) is 14.0. The van der Waals surface area contributed by atoms with Gasteiger partial charge in [0.2, 0.25) is 0 Å². The van der Waals surface area contributed by atoms with Gasteiger partial charge >= 0.3 is 0 Å². The average molecular weight is 745 g/mol. The molecule has 8 aromatic carbocycles. The molecule has 2 aliphatic carbocycles. The van der Waals surface area contributed by atoms with Gasteiger partial charge in [0.15, 0.2) is 0 Å². The Kier molecular flexibility index (Phi) is 6.10. The largest absolute Gasteiger partial charge is 0.455 e. The van der Waals surface area contributed by atoms with Gasteiger partial charge in [0, 0.05) is 43.7 Å². The van der Waals surface area contributed by atoms with Crippen LogP contribution in [0.25, 0.3) is 88.1 Å². The minimum atomic E-state index is -0.101. The number of aromatic nitrogens is 2. The topological polar surface area (TPSA) is 23.0 Å². The number of furan rings is 1. The van der Waals surface area contributed by atoms with Crippen molar-refractivity contribution >= 4 is 65.6 Å². The number of hydrogen-bond donors (Lipinski definition) is 0. The third kappa shape index (κ3) is 3.98. The van der Waals surface area contributed by atoms with Crippen LogP contribution in [0.15, 0.2) is 162 Å². The highest BCUT2D eigenvalue weighted by Gasteiger charge is 2.36. The molecular formula is C55H40N2O. The molecule has 3 aromatic heterocycles. The molecule has 0 amide bonds. The first kappa shape index (κ1) is 32.3. The lowest BCUT2D eigenvalue weighted by atomic mass is 9.69. The standard InChI is InChI=1S/C55H40N2O/c1-54(2)42-17-9-5-13-32(42)29-33-21-22-34(30-44(33)54)56-46-19-11-7-15-40(46)50-48(56)27-25-38-39-26-28-49-51(53(39)58-52(38)50)41-16-8-12-20-47(41)57(49)35-23-24-37-36-14-6-10-18-43(36)55(3,4)45(37)31-35/h5-28,30-31H,29H2,1-4H3. The van der Waals surface area contributed by atoms with Crippen LogP contribution in [0.1, 0.15) is 61.1 Å². The Labute approximate surface area is 336 Å². The molecule has 58 heavy (non-hydrogen) atoms. The summed E-state index contributed by atoms with van der Waals surface area (Å²) in [5, 5.41) is 6.99. The van der Waals surface area contributed by atoms with Crippen LogP contribution in [-0.2, 0) is 17.3 Å². The fourth-order valence-corrected chi connectivity index (χ4v) is 11.3. The van der Waals surface area contributed by atoms with Gasteiger partial charge in [-0.2, -0.15) is 0 Å². The second kappa shape index (κ2) is 11.0. The predicted octanol–water partition coefficient (Wildman–Crippen LogP) is 14.3. The van der Waals surface area contributed by atoms with Crippen molar-refractivity contribution in [1.82, 2.24) is 9.13 Å². The molecule has 0 atom stereocenters. The van der Waals surface area contributed by atoms with E-state index in [9.17, 15) is 0 Å². The van der Waals surface area contributed by atoms with Crippen molar-refractivity contribution in [3.8, 4) is 22.5 Å².